The van der Waals surface area contributed by atoms with Crippen LogP contribution in [0.3, 0.4) is 0 Å². The number of hydrogen-bond donors (Lipinski definition) is 8. The summed E-state index contributed by atoms with van der Waals surface area (Å²) in [5.41, 5.74) is 23.1. The maximum Gasteiger partial charge on any atom is 0.326 e. The lowest BCUT2D eigenvalue weighted by Crippen LogP contribution is -2.55. The van der Waals surface area contributed by atoms with Gasteiger partial charge >= 0.3 is 5.97 Å². The summed E-state index contributed by atoms with van der Waals surface area (Å²) in [6.07, 6.45) is 1.84. The highest BCUT2D eigenvalue weighted by atomic mass is 16.4. The van der Waals surface area contributed by atoms with E-state index in [-0.39, 0.29) is 25.3 Å². The lowest BCUT2D eigenvalue weighted by molar-refractivity contribution is -0.143. The number of aliphatic imine (C=N–C) groups is 1. The largest absolute Gasteiger partial charge is 0.480 e. The van der Waals surface area contributed by atoms with Gasteiger partial charge in [0.05, 0.1) is 12.5 Å². The van der Waals surface area contributed by atoms with Crippen LogP contribution in [0.5, 0.6) is 0 Å². The fraction of sp³-hybridized carbons (Fsp3) is 0.381. The number of guanidine groups is 1. The van der Waals surface area contributed by atoms with E-state index in [0.29, 0.717) is 6.42 Å². The van der Waals surface area contributed by atoms with E-state index in [1.165, 1.54) is 0 Å². The van der Waals surface area contributed by atoms with Crippen molar-refractivity contribution in [3.8, 4) is 0 Å². The average Bonchev–Trinajstić information content (AvgIpc) is 3.17. The molecule has 0 aliphatic heterocycles. The number of carbonyl (C=O) groups excluding carboxylic acids is 3. The second-order valence-electron chi connectivity index (χ2n) is 7.75. The van der Waals surface area contributed by atoms with E-state index >= 15 is 0 Å². The van der Waals surface area contributed by atoms with Gasteiger partial charge in [-0.3, -0.25) is 19.4 Å². The Balaban J connectivity index is 2.18. The quantitative estimate of drug-likeness (QED) is 0.0915. The summed E-state index contributed by atoms with van der Waals surface area (Å²) in [6, 6.07) is 3.72. The molecule has 184 valence electrons. The number of nitrogens with one attached hydrogen (secondary N) is 3. The summed E-state index contributed by atoms with van der Waals surface area (Å²) < 4.78 is 0. The second-order valence-corrected chi connectivity index (χ2v) is 7.75. The van der Waals surface area contributed by atoms with Gasteiger partial charge in [0.25, 0.3) is 0 Å². The summed E-state index contributed by atoms with van der Waals surface area (Å²) in [7, 11) is 0. The Hall–Kier alpha value is -4.13. The SMILES string of the molecule is NC(=O)C[C@H](NC(=O)[C@H](Cc1c[nH]c2ccccc12)NC(=O)[C@@H](N)CCCN=C(N)N)C(=O)O. The van der Waals surface area contributed by atoms with Gasteiger partial charge < -0.3 is 43.7 Å². The van der Waals surface area contributed by atoms with E-state index in [2.05, 4.69) is 20.6 Å². The van der Waals surface area contributed by atoms with E-state index in [9.17, 15) is 24.3 Å². The molecule has 0 aliphatic rings. The van der Waals surface area contributed by atoms with E-state index in [4.69, 9.17) is 22.9 Å². The molecule has 0 fully saturated rings. The first kappa shape index (κ1) is 26.1. The summed E-state index contributed by atoms with van der Waals surface area (Å²) in [5, 5.41) is 15.0. The van der Waals surface area contributed by atoms with Crippen LogP contribution >= 0.6 is 0 Å². The van der Waals surface area contributed by atoms with Gasteiger partial charge in [-0.15, -0.1) is 0 Å². The van der Waals surface area contributed by atoms with Gasteiger partial charge in [-0.2, -0.15) is 0 Å². The second kappa shape index (κ2) is 12.2. The molecular weight excluding hydrogens is 444 g/mol. The van der Waals surface area contributed by atoms with Crippen LogP contribution in [0.15, 0.2) is 35.5 Å². The Bertz CT molecular complexity index is 1060. The molecule has 2 aromatic rings. The van der Waals surface area contributed by atoms with Gasteiger partial charge in [-0.05, 0) is 24.5 Å². The van der Waals surface area contributed by atoms with Crippen LogP contribution < -0.4 is 33.6 Å². The van der Waals surface area contributed by atoms with Crippen LogP contribution in [-0.2, 0) is 25.6 Å². The number of benzene rings is 1. The van der Waals surface area contributed by atoms with Crippen LogP contribution in [-0.4, -0.2) is 64.4 Å². The van der Waals surface area contributed by atoms with Crippen molar-refractivity contribution in [3.05, 3.63) is 36.0 Å². The monoisotopic (exact) mass is 474 g/mol. The van der Waals surface area contributed by atoms with Crippen molar-refractivity contribution < 1.29 is 24.3 Å². The number of aliphatic carboxylic acids is 1. The molecule has 0 unspecified atom stereocenters. The summed E-state index contributed by atoms with van der Waals surface area (Å²) in [4.78, 5) is 55.2. The molecule has 13 heteroatoms. The molecule has 12 N–H and O–H groups in total. The molecule has 1 heterocycles. The van der Waals surface area contributed by atoms with Crippen molar-refractivity contribution in [3.63, 3.8) is 0 Å². The van der Waals surface area contributed by atoms with Crippen molar-refractivity contribution in [2.45, 2.75) is 43.8 Å². The van der Waals surface area contributed by atoms with Gasteiger partial charge in [0.1, 0.15) is 12.1 Å². The summed E-state index contributed by atoms with van der Waals surface area (Å²) in [6.45, 7) is 0.288. The molecule has 0 bridgehead atoms. The lowest BCUT2D eigenvalue weighted by Gasteiger charge is -2.22. The number of para-hydroxylation sites is 1. The molecule has 0 aliphatic carbocycles. The van der Waals surface area contributed by atoms with Crippen molar-refractivity contribution in [2.75, 3.05) is 6.54 Å². The molecule has 0 spiro atoms. The third-order valence-electron chi connectivity index (χ3n) is 5.06. The molecule has 3 amide bonds. The predicted octanol–water partition coefficient (Wildman–Crippen LogP) is -1.98. The van der Waals surface area contributed by atoms with E-state index < -0.39 is 48.2 Å². The third kappa shape index (κ3) is 7.78. The number of fused-ring (bicyclic) bond motifs is 1. The number of nitrogens with zero attached hydrogens (tertiary/aromatic N) is 1. The molecule has 3 atom stereocenters. The first-order valence-corrected chi connectivity index (χ1v) is 10.6. The third-order valence-corrected chi connectivity index (χ3v) is 5.06. The number of primary amides is 1. The highest BCUT2D eigenvalue weighted by Gasteiger charge is 2.29. The number of aromatic nitrogens is 1. The molecule has 13 nitrogen and oxygen atoms in total. The maximum atomic E-state index is 13.0. The number of amides is 3. The molecule has 0 radical (unpaired) electrons. The fourth-order valence-corrected chi connectivity index (χ4v) is 3.33. The number of carboxylic acid groups (broad SMARTS) is 1. The van der Waals surface area contributed by atoms with Crippen LogP contribution in [0.2, 0.25) is 0 Å². The van der Waals surface area contributed by atoms with E-state index in [1.54, 1.807) is 6.20 Å². The lowest BCUT2D eigenvalue weighted by atomic mass is 10.0. The van der Waals surface area contributed by atoms with Crippen LogP contribution in [0, 0.1) is 0 Å². The number of carbonyl (C=O) groups is 4. The average molecular weight is 475 g/mol. The first-order valence-electron chi connectivity index (χ1n) is 10.6. The zero-order valence-electron chi connectivity index (χ0n) is 18.5. The van der Waals surface area contributed by atoms with Crippen molar-refractivity contribution in [1.29, 1.82) is 0 Å². The molecule has 34 heavy (non-hydrogen) atoms. The van der Waals surface area contributed by atoms with Gasteiger partial charge in [0.15, 0.2) is 5.96 Å². The normalized spacial score (nSPS) is 13.4. The van der Waals surface area contributed by atoms with E-state index in [1.807, 2.05) is 24.3 Å². The molecule has 2 rings (SSSR count). The Kier molecular flexibility index (Phi) is 9.38. The first-order chi connectivity index (χ1) is 16.1. The zero-order chi connectivity index (χ0) is 25.3. The number of H-pyrrole nitrogens is 1. The zero-order valence-corrected chi connectivity index (χ0v) is 18.5. The van der Waals surface area contributed by atoms with Crippen molar-refractivity contribution in [2.24, 2.45) is 27.9 Å². The topological polar surface area (TPSA) is 245 Å². The standard InChI is InChI=1S/C21H30N8O5/c22-13(5-3-7-26-21(24)25)18(31)28-15(19(32)29-16(20(33)34)9-17(23)30)8-11-10-27-14-6-2-1-4-12(11)14/h1-2,4,6,10,13,15-16,27H,3,5,7-9,22H2,(H2,23,30)(H,28,31)(H,29,32)(H,33,34)(H4,24,25,26)/t13-,15-,16-/m0/s1. The van der Waals surface area contributed by atoms with Crippen LogP contribution in [0.25, 0.3) is 10.9 Å². The van der Waals surface area contributed by atoms with Crippen molar-refractivity contribution in [1.82, 2.24) is 15.6 Å². The Morgan fingerprint density at radius 2 is 1.71 bits per heavy atom. The molecule has 0 saturated carbocycles. The molecular formula is C21H30N8O5. The van der Waals surface area contributed by atoms with Crippen molar-refractivity contribution >= 4 is 40.6 Å². The smallest absolute Gasteiger partial charge is 0.326 e. The molecule has 1 aromatic heterocycles. The molecule has 1 aromatic carbocycles. The highest BCUT2D eigenvalue weighted by Crippen LogP contribution is 2.19. The van der Waals surface area contributed by atoms with Crippen LogP contribution in [0.1, 0.15) is 24.8 Å². The Morgan fingerprint density at radius 3 is 2.35 bits per heavy atom. The number of hydrogen-bond acceptors (Lipinski definition) is 6. The maximum absolute atomic E-state index is 13.0. The van der Waals surface area contributed by atoms with Gasteiger partial charge in [-0.1, -0.05) is 18.2 Å². The van der Waals surface area contributed by atoms with Gasteiger partial charge in [0, 0.05) is 30.1 Å². The number of carboxylic acids is 1. The van der Waals surface area contributed by atoms with Gasteiger partial charge in [0.2, 0.25) is 17.7 Å². The minimum Gasteiger partial charge on any atom is -0.480 e. The summed E-state index contributed by atoms with van der Waals surface area (Å²) >= 11 is 0. The highest BCUT2D eigenvalue weighted by molar-refractivity contribution is 5.94. The van der Waals surface area contributed by atoms with Gasteiger partial charge in [-0.25, -0.2) is 4.79 Å². The van der Waals surface area contributed by atoms with E-state index in [0.717, 1.165) is 16.5 Å². The Labute approximate surface area is 195 Å². The number of aromatic amines is 1. The minimum atomic E-state index is -1.54. The summed E-state index contributed by atoms with van der Waals surface area (Å²) in [5.74, 6) is -3.79. The Morgan fingerprint density at radius 1 is 1.03 bits per heavy atom. The number of nitrogens with two attached hydrogens (primary N) is 4. The predicted molar refractivity (Wildman–Crippen MR) is 125 cm³/mol. The van der Waals surface area contributed by atoms with Crippen LogP contribution in [0.4, 0.5) is 0 Å². The number of rotatable bonds is 13. The molecule has 0 saturated heterocycles. The fourth-order valence-electron chi connectivity index (χ4n) is 3.33. The minimum absolute atomic E-state index is 0.0468.